The van der Waals surface area contributed by atoms with Crippen LogP contribution in [0.1, 0.15) is 27.2 Å². The van der Waals surface area contributed by atoms with E-state index in [-0.39, 0.29) is 13.0 Å². The third-order valence-electron chi connectivity index (χ3n) is 2.34. The van der Waals surface area contributed by atoms with E-state index in [4.69, 9.17) is 10.00 Å². The van der Waals surface area contributed by atoms with Crippen LogP contribution in [-0.2, 0) is 19.1 Å². The number of aldehydes is 1. The quantitative estimate of drug-likeness (QED) is 0.527. The van der Waals surface area contributed by atoms with Crippen molar-refractivity contribution in [1.29, 1.82) is 5.26 Å². The van der Waals surface area contributed by atoms with Crippen LogP contribution in [0.3, 0.4) is 0 Å². The van der Waals surface area contributed by atoms with Gasteiger partial charge in [0.05, 0.1) is 6.61 Å². The van der Waals surface area contributed by atoms with Gasteiger partial charge in [0.25, 0.3) is 0 Å². The maximum absolute atomic E-state index is 11.8. The van der Waals surface area contributed by atoms with Gasteiger partial charge in [0.15, 0.2) is 0 Å². The molecule has 2 atom stereocenters. The zero-order chi connectivity index (χ0) is 13.5. The van der Waals surface area contributed by atoms with Gasteiger partial charge in [0.1, 0.15) is 12.4 Å². The minimum absolute atomic E-state index is 0.0212. The van der Waals surface area contributed by atoms with Crippen LogP contribution < -0.4 is 5.32 Å². The van der Waals surface area contributed by atoms with Gasteiger partial charge in [0, 0.05) is 19.3 Å². The van der Waals surface area contributed by atoms with Crippen molar-refractivity contribution in [2.45, 2.75) is 32.7 Å². The molecule has 0 radical (unpaired) electrons. The van der Waals surface area contributed by atoms with Crippen LogP contribution in [0.2, 0.25) is 0 Å². The number of carbonyl (C=O) groups is 3. The Balaban J connectivity index is 5.28. The van der Waals surface area contributed by atoms with E-state index in [0.717, 1.165) is 0 Å². The monoisotopic (exact) mass is 240 g/mol. The molecule has 0 unspecified atom stereocenters. The molecule has 0 aliphatic rings. The molecule has 0 spiro atoms. The van der Waals surface area contributed by atoms with Gasteiger partial charge in [-0.25, -0.2) is 4.79 Å². The Morgan fingerprint density at radius 1 is 1.59 bits per heavy atom. The lowest BCUT2D eigenvalue weighted by Gasteiger charge is -2.29. The standard InChI is InChI=1S/C11H16N2O4/c1-4-17-10(16)11(7-12,13-9(3)15)8(2)5-6-14/h6,8H,4-5H2,1-3H3,(H,13,15)/t8-,11+/m0/s1. The van der Waals surface area contributed by atoms with Gasteiger partial charge in [0.2, 0.25) is 11.4 Å². The number of hydrogen-bond donors (Lipinski definition) is 1. The van der Waals surface area contributed by atoms with Crippen LogP contribution in [0.25, 0.3) is 0 Å². The molecule has 0 aliphatic heterocycles. The van der Waals surface area contributed by atoms with Crippen LogP contribution >= 0.6 is 0 Å². The molecule has 0 rings (SSSR count). The Morgan fingerprint density at radius 2 is 2.18 bits per heavy atom. The third-order valence-corrected chi connectivity index (χ3v) is 2.34. The summed E-state index contributed by atoms with van der Waals surface area (Å²) in [5, 5.41) is 11.4. The molecular formula is C11H16N2O4. The van der Waals surface area contributed by atoms with Crippen molar-refractivity contribution in [3.8, 4) is 6.07 Å². The number of rotatable bonds is 6. The summed E-state index contributed by atoms with van der Waals surface area (Å²) in [7, 11) is 0. The van der Waals surface area contributed by atoms with E-state index in [1.807, 2.05) is 0 Å². The third kappa shape index (κ3) is 3.55. The number of carbonyl (C=O) groups excluding carboxylic acids is 3. The van der Waals surface area contributed by atoms with E-state index in [1.165, 1.54) is 13.8 Å². The average molecular weight is 240 g/mol. The van der Waals surface area contributed by atoms with E-state index in [2.05, 4.69) is 5.32 Å². The Morgan fingerprint density at radius 3 is 2.53 bits per heavy atom. The number of nitriles is 1. The number of ether oxygens (including phenoxy) is 1. The van der Waals surface area contributed by atoms with E-state index in [0.29, 0.717) is 6.29 Å². The molecule has 0 bridgehead atoms. The summed E-state index contributed by atoms with van der Waals surface area (Å²) in [4.78, 5) is 33.3. The van der Waals surface area contributed by atoms with Gasteiger partial charge in [-0.05, 0) is 6.92 Å². The van der Waals surface area contributed by atoms with Crippen molar-refractivity contribution in [1.82, 2.24) is 5.32 Å². The van der Waals surface area contributed by atoms with Gasteiger partial charge in [-0.1, -0.05) is 6.92 Å². The molecule has 6 nitrogen and oxygen atoms in total. The van der Waals surface area contributed by atoms with Gasteiger partial charge in [-0.2, -0.15) is 5.26 Å². The molecule has 94 valence electrons. The highest BCUT2D eigenvalue weighted by molar-refractivity contribution is 5.90. The highest BCUT2D eigenvalue weighted by atomic mass is 16.5. The van der Waals surface area contributed by atoms with Gasteiger partial charge in [-0.3, -0.25) is 4.79 Å². The molecule has 0 fully saturated rings. The van der Waals surface area contributed by atoms with Gasteiger partial charge in [-0.15, -0.1) is 0 Å². The van der Waals surface area contributed by atoms with E-state index < -0.39 is 23.3 Å². The number of nitrogens with one attached hydrogen (secondary N) is 1. The maximum atomic E-state index is 11.8. The fourth-order valence-corrected chi connectivity index (χ4v) is 1.40. The minimum Gasteiger partial charge on any atom is -0.463 e. The fraction of sp³-hybridized carbons (Fsp3) is 0.636. The largest absolute Gasteiger partial charge is 0.463 e. The molecule has 0 aliphatic carbocycles. The summed E-state index contributed by atoms with van der Waals surface area (Å²) in [6, 6.07) is 1.75. The SMILES string of the molecule is CCOC(=O)[C@](C#N)(NC(C)=O)[C@@H](C)CC=O. The van der Waals surface area contributed by atoms with Crippen LogP contribution in [-0.4, -0.2) is 30.3 Å². The first-order chi connectivity index (χ1) is 7.94. The summed E-state index contributed by atoms with van der Waals surface area (Å²) in [6.45, 7) is 4.41. The topological polar surface area (TPSA) is 96.3 Å². The first-order valence-electron chi connectivity index (χ1n) is 5.25. The van der Waals surface area contributed by atoms with E-state index >= 15 is 0 Å². The molecule has 6 heteroatoms. The van der Waals surface area contributed by atoms with Crippen molar-refractivity contribution < 1.29 is 19.1 Å². The molecule has 0 aromatic heterocycles. The second kappa shape index (κ2) is 6.63. The Hall–Kier alpha value is -1.90. The highest BCUT2D eigenvalue weighted by Gasteiger charge is 2.46. The molecule has 0 saturated heterocycles. The zero-order valence-corrected chi connectivity index (χ0v) is 10.1. The average Bonchev–Trinajstić information content (AvgIpc) is 2.26. The fourth-order valence-electron chi connectivity index (χ4n) is 1.40. The molecule has 0 heterocycles. The summed E-state index contributed by atoms with van der Waals surface area (Å²) in [5.74, 6) is -2.03. The Bertz CT molecular complexity index is 348. The first kappa shape index (κ1) is 15.1. The van der Waals surface area contributed by atoms with Crippen LogP contribution in [0.4, 0.5) is 0 Å². The van der Waals surface area contributed by atoms with Gasteiger partial charge < -0.3 is 14.8 Å². The first-order valence-corrected chi connectivity index (χ1v) is 5.25. The number of amides is 1. The summed E-state index contributed by atoms with van der Waals surface area (Å²) in [5.41, 5.74) is -1.80. The summed E-state index contributed by atoms with van der Waals surface area (Å²) < 4.78 is 4.77. The lowest BCUT2D eigenvalue weighted by molar-refractivity contribution is -0.152. The highest BCUT2D eigenvalue weighted by Crippen LogP contribution is 2.21. The van der Waals surface area contributed by atoms with E-state index in [9.17, 15) is 14.4 Å². The molecule has 0 saturated carbocycles. The number of esters is 1. The van der Waals surface area contributed by atoms with Crippen LogP contribution in [0.15, 0.2) is 0 Å². The van der Waals surface area contributed by atoms with Crippen molar-refractivity contribution in [3.05, 3.63) is 0 Å². The lowest BCUT2D eigenvalue weighted by atomic mass is 9.84. The molecular weight excluding hydrogens is 224 g/mol. The Kier molecular flexibility index (Phi) is 5.89. The minimum atomic E-state index is -1.80. The van der Waals surface area contributed by atoms with Crippen molar-refractivity contribution in [2.75, 3.05) is 6.61 Å². The van der Waals surface area contributed by atoms with Crippen molar-refractivity contribution in [3.63, 3.8) is 0 Å². The zero-order valence-electron chi connectivity index (χ0n) is 10.1. The predicted molar refractivity (Wildman–Crippen MR) is 58.6 cm³/mol. The summed E-state index contributed by atoms with van der Waals surface area (Å²) in [6.07, 6.45) is 0.574. The molecule has 0 aromatic carbocycles. The van der Waals surface area contributed by atoms with Gasteiger partial charge >= 0.3 is 5.97 Å². The van der Waals surface area contributed by atoms with Crippen LogP contribution in [0.5, 0.6) is 0 Å². The van der Waals surface area contributed by atoms with Crippen molar-refractivity contribution in [2.24, 2.45) is 5.92 Å². The maximum Gasteiger partial charge on any atom is 0.347 e. The number of hydrogen-bond acceptors (Lipinski definition) is 5. The molecule has 17 heavy (non-hydrogen) atoms. The van der Waals surface area contributed by atoms with Crippen molar-refractivity contribution >= 4 is 18.2 Å². The Labute approximate surface area is 99.9 Å². The van der Waals surface area contributed by atoms with Crippen LogP contribution in [0, 0.1) is 17.2 Å². The molecule has 1 N–H and O–H groups in total. The van der Waals surface area contributed by atoms with E-state index in [1.54, 1.807) is 13.0 Å². The lowest BCUT2D eigenvalue weighted by Crippen LogP contribution is -2.58. The molecule has 0 aromatic rings. The smallest absolute Gasteiger partial charge is 0.347 e. The predicted octanol–water partition coefficient (Wildman–Crippen LogP) is 0.173. The normalized spacial score (nSPS) is 14.9. The summed E-state index contributed by atoms with van der Waals surface area (Å²) >= 11 is 0. The molecule has 1 amide bonds. The second-order valence-electron chi connectivity index (χ2n) is 3.62. The second-order valence-corrected chi connectivity index (χ2v) is 3.62. The number of nitrogens with zero attached hydrogens (tertiary/aromatic N) is 1.